The second-order valence-electron chi connectivity index (χ2n) is 3.84. The predicted molar refractivity (Wildman–Crippen MR) is 62.6 cm³/mol. The molecule has 0 saturated carbocycles. The van der Waals surface area contributed by atoms with Crippen LogP contribution in [-0.4, -0.2) is 19.5 Å². The number of hydrogen-bond donors (Lipinski definition) is 1. The van der Waals surface area contributed by atoms with Crippen LogP contribution < -0.4 is 14.8 Å². The summed E-state index contributed by atoms with van der Waals surface area (Å²) in [6.45, 7) is 0.407. The number of halogens is 4. The Labute approximate surface area is 110 Å². The number of rotatable bonds is 4. The van der Waals surface area contributed by atoms with Crippen molar-refractivity contribution in [3.05, 3.63) is 22.2 Å². The minimum absolute atomic E-state index is 0.107. The summed E-state index contributed by atoms with van der Waals surface area (Å²) in [4.78, 5) is 0. The Balaban J connectivity index is 1.90. The van der Waals surface area contributed by atoms with E-state index in [2.05, 4.69) is 21.2 Å². The Morgan fingerprint density at radius 1 is 1.22 bits per heavy atom. The summed E-state index contributed by atoms with van der Waals surface area (Å²) < 4.78 is 47.0. The van der Waals surface area contributed by atoms with Gasteiger partial charge < -0.3 is 14.8 Å². The molecule has 0 atom stereocenters. The van der Waals surface area contributed by atoms with Gasteiger partial charge in [-0.3, -0.25) is 0 Å². The summed E-state index contributed by atoms with van der Waals surface area (Å²) in [6.07, 6.45) is -4.96. The molecule has 0 fully saturated rings. The normalized spacial score (nSPS) is 14.0. The molecule has 1 heterocycles. The van der Waals surface area contributed by atoms with Gasteiger partial charge in [0.1, 0.15) is 0 Å². The number of fused-ring (bicyclic) bond motifs is 1. The molecular formula is C11H11BrF3NO2. The summed E-state index contributed by atoms with van der Waals surface area (Å²) in [5.41, 5.74) is 0.835. The van der Waals surface area contributed by atoms with Crippen molar-refractivity contribution >= 4 is 15.9 Å². The first-order valence-corrected chi connectivity index (χ1v) is 6.10. The lowest BCUT2D eigenvalue weighted by Crippen LogP contribution is -2.21. The summed E-state index contributed by atoms with van der Waals surface area (Å²) >= 11 is 3.34. The van der Waals surface area contributed by atoms with E-state index in [0.717, 1.165) is 10.0 Å². The van der Waals surface area contributed by atoms with Crippen LogP contribution in [0.25, 0.3) is 0 Å². The van der Waals surface area contributed by atoms with Crippen molar-refractivity contribution in [3.8, 4) is 11.5 Å². The second kappa shape index (κ2) is 5.36. The fourth-order valence-corrected chi connectivity index (χ4v) is 2.01. The Hall–Kier alpha value is -0.950. The van der Waals surface area contributed by atoms with Gasteiger partial charge in [0, 0.05) is 17.6 Å². The average molecular weight is 326 g/mol. The van der Waals surface area contributed by atoms with Crippen molar-refractivity contribution in [1.29, 1.82) is 0 Å². The molecule has 0 spiro atoms. The molecule has 0 saturated heterocycles. The van der Waals surface area contributed by atoms with Crippen LogP contribution in [0.3, 0.4) is 0 Å². The van der Waals surface area contributed by atoms with Crippen molar-refractivity contribution < 1.29 is 22.6 Å². The summed E-state index contributed by atoms with van der Waals surface area (Å²) in [5, 5.41) is 2.74. The fourth-order valence-electron chi connectivity index (χ4n) is 1.55. The van der Waals surface area contributed by atoms with Gasteiger partial charge in [0.25, 0.3) is 0 Å². The molecule has 100 valence electrons. The summed E-state index contributed by atoms with van der Waals surface area (Å²) in [5.74, 6) is 1.26. The molecule has 7 heteroatoms. The van der Waals surface area contributed by atoms with Crippen molar-refractivity contribution in [2.45, 2.75) is 19.1 Å². The van der Waals surface area contributed by atoms with Gasteiger partial charge in [0.15, 0.2) is 11.5 Å². The molecule has 0 aromatic heterocycles. The molecule has 0 amide bonds. The molecule has 1 aliphatic heterocycles. The van der Waals surface area contributed by atoms with Gasteiger partial charge in [-0.25, -0.2) is 0 Å². The first-order chi connectivity index (χ1) is 8.46. The van der Waals surface area contributed by atoms with E-state index in [1.165, 1.54) is 0 Å². The number of nitrogens with one attached hydrogen (secondary N) is 1. The summed E-state index contributed by atoms with van der Waals surface area (Å²) in [6, 6.07) is 3.51. The Bertz CT molecular complexity index is 437. The minimum atomic E-state index is -4.13. The van der Waals surface area contributed by atoms with Crippen LogP contribution >= 0.6 is 15.9 Å². The van der Waals surface area contributed by atoms with Gasteiger partial charge in [-0.1, -0.05) is 15.9 Å². The Kier molecular flexibility index (Phi) is 4.01. The monoisotopic (exact) mass is 325 g/mol. The SMILES string of the molecule is FC(F)(F)CCNCc1cc2c(cc1Br)OCO2. The van der Waals surface area contributed by atoms with Crippen molar-refractivity contribution in [3.63, 3.8) is 0 Å². The first-order valence-electron chi connectivity index (χ1n) is 5.31. The highest BCUT2D eigenvalue weighted by Crippen LogP contribution is 2.36. The fraction of sp³-hybridized carbons (Fsp3) is 0.455. The van der Waals surface area contributed by atoms with E-state index >= 15 is 0 Å². The predicted octanol–water partition coefficient (Wildman–Crippen LogP) is 3.22. The lowest BCUT2D eigenvalue weighted by Gasteiger charge is -2.09. The zero-order chi connectivity index (χ0) is 13.2. The standard InChI is InChI=1S/C11H11BrF3NO2/c12-8-4-10-9(17-6-18-10)3-7(8)5-16-2-1-11(13,14)15/h3-4,16H,1-2,5-6H2. The van der Waals surface area contributed by atoms with Gasteiger partial charge >= 0.3 is 6.18 Å². The molecule has 1 aromatic rings. The third-order valence-electron chi connectivity index (χ3n) is 2.44. The molecule has 0 unspecified atom stereocenters. The first kappa shape index (κ1) is 13.5. The lowest BCUT2D eigenvalue weighted by molar-refractivity contribution is -0.133. The van der Waals surface area contributed by atoms with E-state index in [4.69, 9.17) is 9.47 Å². The van der Waals surface area contributed by atoms with Crippen LogP contribution in [0, 0.1) is 0 Å². The molecule has 1 aliphatic rings. The number of ether oxygens (including phenoxy) is 2. The van der Waals surface area contributed by atoms with Crippen LogP contribution in [0.5, 0.6) is 11.5 Å². The van der Waals surface area contributed by atoms with E-state index in [1.54, 1.807) is 12.1 Å². The van der Waals surface area contributed by atoms with Gasteiger partial charge in [-0.05, 0) is 17.7 Å². The van der Waals surface area contributed by atoms with Gasteiger partial charge in [-0.2, -0.15) is 13.2 Å². The molecule has 3 nitrogen and oxygen atoms in total. The molecule has 0 radical (unpaired) electrons. The highest BCUT2D eigenvalue weighted by atomic mass is 79.9. The van der Waals surface area contributed by atoms with E-state index in [0.29, 0.717) is 18.0 Å². The maximum atomic E-state index is 12.0. The molecule has 1 aromatic carbocycles. The maximum absolute atomic E-state index is 12.0. The van der Waals surface area contributed by atoms with Crippen molar-refractivity contribution in [2.24, 2.45) is 0 Å². The lowest BCUT2D eigenvalue weighted by atomic mass is 10.2. The Morgan fingerprint density at radius 2 is 1.89 bits per heavy atom. The molecule has 0 aliphatic carbocycles. The largest absolute Gasteiger partial charge is 0.454 e. The second-order valence-corrected chi connectivity index (χ2v) is 4.69. The maximum Gasteiger partial charge on any atom is 0.390 e. The van der Waals surface area contributed by atoms with Gasteiger partial charge in [0.2, 0.25) is 6.79 Å². The quantitative estimate of drug-likeness (QED) is 0.862. The third-order valence-corrected chi connectivity index (χ3v) is 3.18. The molecule has 1 N–H and O–H groups in total. The minimum Gasteiger partial charge on any atom is -0.454 e. The van der Waals surface area contributed by atoms with Crippen LogP contribution in [0.4, 0.5) is 13.2 Å². The van der Waals surface area contributed by atoms with Crippen LogP contribution in [0.2, 0.25) is 0 Å². The van der Waals surface area contributed by atoms with Gasteiger partial charge in [-0.15, -0.1) is 0 Å². The molecular weight excluding hydrogens is 315 g/mol. The molecule has 0 bridgehead atoms. The smallest absolute Gasteiger partial charge is 0.390 e. The highest BCUT2D eigenvalue weighted by Gasteiger charge is 2.26. The zero-order valence-electron chi connectivity index (χ0n) is 9.31. The van der Waals surface area contributed by atoms with Crippen LogP contribution in [-0.2, 0) is 6.54 Å². The third kappa shape index (κ3) is 3.52. The zero-order valence-corrected chi connectivity index (χ0v) is 10.9. The average Bonchev–Trinajstić information content (AvgIpc) is 2.70. The summed E-state index contributed by atoms with van der Waals surface area (Å²) in [7, 11) is 0. The number of hydrogen-bond acceptors (Lipinski definition) is 3. The van der Waals surface area contributed by atoms with E-state index in [9.17, 15) is 13.2 Å². The van der Waals surface area contributed by atoms with Gasteiger partial charge in [0.05, 0.1) is 6.42 Å². The number of alkyl halides is 3. The number of benzene rings is 1. The highest BCUT2D eigenvalue weighted by molar-refractivity contribution is 9.10. The van der Waals surface area contributed by atoms with Crippen molar-refractivity contribution in [1.82, 2.24) is 5.32 Å². The van der Waals surface area contributed by atoms with Crippen molar-refractivity contribution in [2.75, 3.05) is 13.3 Å². The Morgan fingerprint density at radius 3 is 2.56 bits per heavy atom. The van der Waals surface area contributed by atoms with Crippen LogP contribution in [0.15, 0.2) is 16.6 Å². The van der Waals surface area contributed by atoms with E-state index in [1.807, 2.05) is 0 Å². The van der Waals surface area contributed by atoms with E-state index in [-0.39, 0.29) is 13.3 Å². The molecule has 2 rings (SSSR count). The topological polar surface area (TPSA) is 30.5 Å². The van der Waals surface area contributed by atoms with E-state index < -0.39 is 12.6 Å². The molecule has 18 heavy (non-hydrogen) atoms. The van der Waals surface area contributed by atoms with Crippen LogP contribution in [0.1, 0.15) is 12.0 Å².